The van der Waals surface area contributed by atoms with Crippen LogP contribution < -0.4 is 8.92 Å². The molecule has 0 unspecified atom stereocenters. The Bertz CT molecular complexity index is 1440. The summed E-state index contributed by atoms with van der Waals surface area (Å²) in [6, 6.07) is 17.0. The first kappa shape index (κ1) is 26.1. The van der Waals surface area contributed by atoms with Crippen LogP contribution in [0.1, 0.15) is 18.1 Å². The van der Waals surface area contributed by atoms with Crippen LogP contribution in [0.3, 0.4) is 0 Å². The van der Waals surface area contributed by atoms with Crippen LogP contribution in [0, 0.1) is 0 Å². The van der Waals surface area contributed by atoms with Gasteiger partial charge in [0.25, 0.3) is 11.1 Å². The van der Waals surface area contributed by atoms with Gasteiger partial charge < -0.3 is 8.92 Å². The Kier molecular flexibility index (Phi) is 7.94. The number of rotatable bonds is 8. The molecular weight excluding hydrogens is 545 g/mol. The summed E-state index contributed by atoms with van der Waals surface area (Å²) in [5.41, 5.74) is 1.30. The third-order valence-electron chi connectivity index (χ3n) is 4.99. The Morgan fingerprint density at radius 3 is 2.19 bits per heavy atom. The van der Waals surface area contributed by atoms with Crippen molar-refractivity contribution in [3.8, 4) is 11.5 Å². The summed E-state index contributed by atoms with van der Waals surface area (Å²) in [5.74, 6) is -0.271. The highest BCUT2D eigenvalue weighted by molar-refractivity contribution is 8.18. The molecule has 1 saturated heterocycles. The second-order valence-corrected chi connectivity index (χ2v) is 10.9. The summed E-state index contributed by atoms with van der Waals surface area (Å²) in [6.07, 6.45) is 1.55. The Balaban J connectivity index is 1.56. The molecule has 0 spiro atoms. The molecule has 7 nitrogen and oxygen atoms in total. The number of imide groups is 1. The summed E-state index contributed by atoms with van der Waals surface area (Å²) >= 11 is 12.6. The molecule has 1 fully saturated rings. The van der Waals surface area contributed by atoms with Crippen molar-refractivity contribution >= 4 is 62.3 Å². The summed E-state index contributed by atoms with van der Waals surface area (Å²) in [6.45, 7) is 2.11. The van der Waals surface area contributed by atoms with Crippen LogP contribution in [0.5, 0.6) is 11.5 Å². The molecular formula is C25H19Cl2NO6S2. The van der Waals surface area contributed by atoms with Crippen molar-refractivity contribution in [1.82, 2.24) is 4.90 Å². The zero-order chi connectivity index (χ0) is 25.9. The molecule has 36 heavy (non-hydrogen) atoms. The summed E-state index contributed by atoms with van der Waals surface area (Å²) in [4.78, 5) is 26.7. The largest absolute Gasteiger partial charge is 0.490 e. The molecule has 0 N–H and O–H groups in total. The number of hydrogen-bond acceptors (Lipinski definition) is 7. The van der Waals surface area contributed by atoms with E-state index in [2.05, 4.69) is 0 Å². The summed E-state index contributed by atoms with van der Waals surface area (Å²) < 4.78 is 36.3. The molecule has 3 aromatic rings. The van der Waals surface area contributed by atoms with Crippen molar-refractivity contribution in [1.29, 1.82) is 0 Å². The number of carbonyl (C=O) groups excluding carboxylic acids is 2. The Morgan fingerprint density at radius 1 is 0.917 bits per heavy atom. The first-order chi connectivity index (χ1) is 17.2. The minimum Gasteiger partial charge on any atom is -0.490 e. The van der Waals surface area contributed by atoms with Crippen LogP contribution in [-0.4, -0.2) is 31.1 Å². The number of carbonyl (C=O) groups is 2. The second kappa shape index (κ2) is 11.0. The van der Waals surface area contributed by atoms with Gasteiger partial charge in [0.2, 0.25) is 0 Å². The van der Waals surface area contributed by atoms with Gasteiger partial charge in [-0.15, -0.1) is 0 Å². The fraction of sp³-hybridized carbons (Fsp3) is 0.120. The van der Waals surface area contributed by atoms with Crippen molar-refractivity contribution in [3.05, 3.63) is 92.8 Å². The molecule has 0 atom stereocenters. The molecule has 186 valence electrons. The second-order valence-electron chi connectivity index (χ2n) is 7.52. The topological polar surface area (TPSA) is 90.0 Å². The fourth-order valence-corrected chi connectivity index (χ4v) is 5.31. The monoisotopic (exact) mass is 563 g/mol. The SMILES string of the molecule is CCOc1cc(/C=C2\SC(=O)N(Cc3ccc(Cl)cc3)C2=O)ccc1OS(=O)(=O)c1ccc(Cl)cc1. The molecule has 3 aromatic carbocycles. The standard InChI is InChI=1S/C25H19Cl2NO6S2/c1-2-33-22-13-17(5-12-21(22)34-36(31,32)20-10-8-19(27)9-11-20)14-23-24(29)28(25(30)35-23)15-16-3-6-18(26)7-4-16/h3-14H,2,15H2,1H3/b23-14-. The maximum absolute atomic E-state index is 12.9. The minimum absolute atomic E-state index is 0.0141. The Labute approximate surface area is 222 Å². The zero-order valence-corrected chi connectivity index (χ0v) is 22.0. The van der Waals surface area contributed by atoms with Crippen molar-refractivity contribution < 1.29 is 26.9 Å². The van der Waals surface area contributed by atoms with Gasteiger partial charge in [0.1, 0.15) is 4.90 Å². The van der Waals surface area contributed by atoms with Crippen molar-refractivity contribution in [3.63, 3.8) is 0 Å². The lowest BCUT2D eigenvalue weighted by molar-refractivity contribution is -0.123. The fourth-order valence-electron chi connectivity index (χ4n) is 3.28. The molecule has 1 heterocycles. The van der Waals surface area contributed by atoms with E-state index in [1.165, 1.54) is 30.3 Å². The zero-order valence-electron chi connectivity index (χ0n) is 18.8. The number of halogens is 2. The van der Waals surface area contributed by atoms with E-state index < -0.39 is 16.0 Å². The van der Waals surface area contributed by atoms with Crippen LogP contribution >= 0.6 is 35.0 Å². The van der Waals surface area contributed by atoms with Gasteiger partial charge in [-0.1, -0.05) is 41.4 Å². The average molecular weight is 564 g/mol. The predicted octanol–water partition coefficient (Wildman–Crippen LogP) is 6.40. The molecule has 0 aromatic heterocycles. The number of amides is 2. The number of benzene rings is 3. The summed E-state index contributed by atoms with van der Waals surface area (Å²) in [5, 5.41) is 0.567. The van der Waals surface area contributed by atoms with E-state index in [1.54, 1.807) is 49.4 Å². The number of nitrogens with zero attached hydrogens (tertiary/aromatic N) is 1. The highest BCUT2D eigenvalue weighted by atomic mass is 35.5. The smallest absolute Gasteiger partial charge is 0.339 e. The number of ether oxygens (including phenoxy) is 1. The number of thioether (sulfide) groups is 1. The van der Waals surface area contributed by atoms with Crippen LogP contribution in [0.4, 0.5) is 4.79 Å². The van der Waals surface area contributed by atoms with Crippen LogP contribution in [0.2, 0.25) is 10.0 Å². The molecule has 0 aliphatic carbocycles. The van der Waals surface area contributed by atoms with E-state index in [9.17, 15) is 18.0 Å². The molecule has 0 radical (unpaired) electrons. The lowest BCUT2D eigenvalue weighted by atomic mass is 10.1. The van der Waals surface area contributed by atoms with Gasteiger partial charge in [-0.3, -0.25) is 14.5 Å². The first-order valence-corrected chi connectivity index (χ1v) is 13.6. The minimum atomic E-state index is -4.13. The average Bonchev–Trinajstić information content (AvgIpc) is 3.09. The van der Waals surface area contributed by atoms with Gasteiger partial charge in [0.05, 0.1) is 18.1 Å². The lowest BCUT2D eigenvalue weighted by Gasteiger charge is -2.13. The maximum Gasteiger partial charge on any atom is 0.339 e. The maximum atomic E-state index is 12.9. The molecule has 11 heteroatoms. The van der Waals surface area contributed by atoms with E-state index in [1.807, 2.05) is 0 Å². The van der Waals surface area contributed by atoms with E-state index in [4.69, 9.17) is 32.1 Å². The number of hydrogen-bond donors (Lipinski definition) is 0. The van der Waals surface area contributed by atoms with Crippen molar-refractivity contribution in [2.75, 3.05) is 6.61 Å². The van der Waals surface area contributed by atoms with E-state index in [0.717, 1.165) is 22.2 Å². The quantitative estimate of drug-likeness (QED) is 0.231. The molecule has 1 aliphatic rings. The molecule has 4 rings (SSSR count). The van der Waals surface area contributed by atoms with Crippen LogP contribution in [-0.2, 0) is 21.5 Å². The third kappa shape index (κ3) is 6.04. The molecule has 1 aliphatic heterocycles. The van der Waals surface area contributed by atoms with E-state index >= 15 is 0 Å². The lowest BCUT2D eigenvalue weighted by Crippen LogP contribution is -2.27. The molecule has 2 amide bonds. The van der Waals surface area contributed by atoms with Gasteiger partial charge in [0, 0.05) is 10.0 Å². The highest BCUT2D eigenvalue weighted by Gasteiger charge is 2.35. The van der Waals surface area contributed by atoms with Crippen molar-refractivity contribution in [2.24, 2.45) is 0 Å². The van der Waals surface area contributed by atoms with Crippen LogP contribution in [0.25, 0.3) is 6.08 Å². The molecule has 0 saturated carbocycles. The van der Waals surface area contributed by atoms with Gasteiger partial charge in [-0.2, -0.15) is 8.42 Å². The van der Waals surface area contributed by atoms with Gasteiger partial charge >= 0.3 is 10.1 Å². The third-order valence-corrected chi connectivity index (χ3v) is 7.65. The summed E-state index contributed by atoms with van der Waals surface area (Å²) in [7, 11) is -4.13. The van der Waals surface area contributed by atoms with Crippen LogP contribution in [0.15, 0.2) is 76.5 Å². The highest BCUT2D eigenvalue weighted by Crippen LogP contribution is 2.36. The molecule has 0 bridgehead atoms. The van der Waals surface area contributed by atoms with E-state index in [0.29, 0.717) is 15.6 Å². The first-order valence-electron chi connectivity index (χ1n) is 10.6. The normalized spacial score (nSPS) is 15.0. The van der Waals surface area contributed by atoms with Gasteiger partial charge in [-0.05, 0) is 84.4 Å². The van der Waals surface area contributed by atoms with Crippen molar-refractivity contribution in [2.45, 2.75) is 18.4 Å². The van der Waals surface area contributed by atoms with Gasteiger partial charge in [-0.25, -0.2) is 0 Å². The Hall–Kier alpha value is -2.98. The van der Waals surface area contributed by atoms with Gasteiger partial charge in [0.15, 0.2) is 11.5 Å². The van der Waals surface area contributed by atoms with E-state index in [-0.39, 0.29) is 39.7 Å². The Morgan fingerprint density at radius 2 is 1.56 bits per heavy atom. The predicted molar refractivity (Wildman–Crippen MR) is 140 cm³/mol.